The van der Waals surface area contributed by atoms with Crippen molar-refractivity contribution >= 4 is 34.4 Å². The predicted molar refractivity (Wildman–Crippen MR) is 110 cm³/mol. The first-order chi connectivity index (χ1) is 14.2. The summed E-state index contributed by atoms with van der Waals surface area (Å²) < 4.78 is 1.43. The van der Waals surface area contributed by atoms with Gasteiger partial charge in [-0.25, -0.2) is 9.78 Å². The number of amides is 2. The molecule has 0 atom stereocenters. The number of hydrogen-bond acceptors (Lipinski definition) is 5. The van der Waals surface area contributed by atoms with Gasteiger partial charge in [0.1, 0.15) is 17.4 Å². The van der Waals surface area contributed by atoms with Gasteiger partial charge in [-0.05, 0) is 23.6 Å². The number of thiophene rings is 1. The van der Waals surface area contributed by atoms with Crippen LogP contribution in [0.2, 0.25) is 0 Å². The minimum Gasteiger partial charge on any atom is -0.319 e. The SMILES string of the molecule is N#Cc1c(NC(=O)C=Cc2ccccc2)sc2c1CCN(C(=O)n1ccnc1)C2. The van der Waals surface area contributed by atoms with Crippen molar-refractivity contribution in [3.63, 3.8) is 0 Å². The highest BCUT2D eigenvalue weighted by Crippen LogP contribution is 2.36. The van der Waals surface area contributed by atoms with E-state index in [0.717, 1.165) is 16.0 Å². The number of aromatic nitrogens is 2. The molecule has 3 heterocycles. The van der Waals surface area contributed by atoms with Crippen molar-refractivity contribution in [2.75, 3.05) is 11.9 Å². The van der Waals surface area contributed by atoms with Crippen LogP contribution in [0, 0.1) is 11.3 Å². The van der Waals surface area contributed by atoms with Crippen LogP contribution in [0.15, 0.2) is 55.1 Å². The lowest BCUT2D eigenvalue weighted by atomic mass is 10.0. The van der Waals surface area contributed by atoms with Crippen LogP contribution in [-0.2, 0) is 17.8 Å². The molecule has 0 spiro atoms. The van der Waals surface area contributed by atoms with Gasteiger partial charge in [-0.15, -0.1) is 11.3 Å². The number of benzene rings is 1. The van der Waals surface area contributed by atoms with Gasteiger partial charge in [-0.2, -0.15) is 5.26 Å². The molecule has 3 aromatic rings. The molecule has 29 heavy (non-hydrogen) atoms. The number of nitriles is 1. The maximum Gasteiger partial charge on any atom is 0.329 e. The average Bonchev–Trinajstić information content (AvgIpc) is 3.39. The molecule has 0 radical (unpaired) electrons. The van der Waals surface area contributed by atoms with E-state index in [4.69, 9.17) is 0 Å². The van der Waals surface area contributed by atoms with E-state index >= 15 is 0 Å². The van der Waals surface area contributed by atoms with Crippen LogP contribution in [0.4, 0.5) is 9.80 Å². The van der Waals surface area contributed by atoms with E-state index in [-0.39, 0.29) is 11.9 Å². The molecule has 1 aliphatic heterocycles. The third kappa shape index (κ3) is 3.95. The molecular formula is C21H17N5O2S. The molecule has 2 aromatic heterocycles. The van der Waals surface area contributed by atoms with Gasteiger partial charge in [0.25, 0.3) is 0 Å². The first kappa shape index (κ1) is 18.7. The summed E-state index contributed by atoms with van der Waals surface area (Å²) in [5.74, 6) is -0.296. The molecule has 1 N–H and O–H groups in total. The van der Waals surface area contributed by atoms with Crippen molar-refractivity contribution in [2.45, 2.75) is 13.0 Å². The van der Waals surface area contributed by atoms with Crippen LogP contribution in [0.1, 0.15) is 21.6 Å². The molecule has 1 aliphatic rings. The highest BCUT2D eigenvalue weighted by molar-refractivity contribution is 7.16. The third-order valence-corrected chi connectivity index (χ3v) is 5.76. The lowest BCUT2D eigenvalue weighted by Crippen LogP contribution is -2.37. The summed E-state index contributed by atoms with van der Waals surface area (Å²) in [4.78, 5) is 31.4. The summed E-state index contributed by atoms with van der Waals surface area (Å²) in [5.41, 5.74) is 2.32. The largest absolute Gasteiger partial charge is 0.329 e. The molecule has 4 rings (SSSR count). The molecular weight excluding hydrogens is 386 g/mol. The van der Waals surface area contributed by atoms with Gasteiger partial charge < -0.3 is 10.2 Å². The Kier molecular flexibility index (Phi) is 5.22. The van der Waals surface area contributed by atoms with E-state index in [9.17, 15) is 14.9 Å². The van der Waals surface area contributed by atoms with E-state index in [1.807, 2.05) is 30.3 Å². The molecule has 2 amide bonds. The smallest absolute Gasteiger partial charge is 0.319 e. The summed E-state index contributed by atoms with van der Waals surface area (Å²) in [5, 5.41) is 12.9. The molecule has 0 saturated heterocycles. The topological polar surface area (TPSA) is 91.0 Å². The lowest BCUT2D eigenvalue weighted by molar-refractivity contribution is -0.111. The zero-order valence-corrected chi connectivity index (χ0v) is 16.2. The van der Waals surface area contributed by atoms with Gasteiger partial charge in [0, 0.05) is 29.9 Å². The molecule has 144 valence electrons. The Morgan fingerprint density at radius 1 is 1.28 bits per heavy atom. The summed E-state index contributed by atoms with van der Waals surface area (Å²) in [6.07, 6.45) is 8.38. The van der Waals surface area contributed by atoms with Crippen molar-refractivity contribution in [3.05, 3.63) is 76.7 Å². The number of fused-ring (bicyclic) bond motifs is 1. The molecule has 0 fully saturated rings. The van der Waals surface area contributed by atoms with Gasteiger partial charge in [-0.1, -0.05) is 30.3 Å². The second-order valence-corrected chi connectivity index (χ2v) is 7.58. The molecule has 7 nitrogen and oxygen atoms in total. The van der Waals surface area contributed by atoms with Crippen LogP contribution in [0.25, 0.3) is 6.08 Å². The van der Waals surface area contributed by atoms with Crippen molar-refractivity contribution in [2.24, 2.45) is 0 Å². The Hall–Kier alpha value is -3.70. The first-order valence-corrected chi connectivity index (χ1v) is 9.83. The van der Waals surface area contributed by atoms with E-state index < -0.39 is 0 Å². The number of hydrogen-bond donors (Lipinski definition) is 1. The van der Waals surface area contributed by atoms with E-state index in [0.29, 0.717) is 30.1 Å². The molecule has 0 unspecified atom stereocenters. The van der Waals surface area contributed by atoms with E-state index in [1.165, 1.54) is 28.3 Å². The van der Waals surface area contributed by atoms with Gasteiger partial charge in [-0.3, -0.25) is 9.36 Å². The number of rotatable bonds is 3. The molecule has 1 aromatic carbocycles. The normalized spacial score (nSPS) is 13.1. The van der Waals surface area contributed by atoms with Gasteiger partial charge in [0.15, 0.2) is 0 Å². The molecule has 8 heteroatoms. The maximum atomic E-state index is 12.5. The Balaban J connectivity index is 1.50. The van der Waals surface area contributed by atoms with Gasteiger partial charge in [0.05, 0.1) is 12.1 Å². The lowest BCUT2D eigenvalue weighted by Gasteiger charge is -2.26. The van der Waals surface area contributed by atoms with Crippen molar-refractivity contribution in [1.29, 1.82) is 5.26 Å². The quantitative estimate of drug-likeness (QED) is 0.678. The minimum absolute atomic E-state index is 0.156. The van der Waals surface area contributed by atoms with Crippen molar-refractivity contribution in [1.82, 2.24) is 14.5 Å². The van der Waals surface area contributed by atoms with Crippen LogP contribution >= 0.6 is 11.3 Å². The number of nitrogens with one attached hydrogen (secondary N) is 1. The zero-order valence-electron chi connectivity index (χ0n) is 15.4. The number of imidazole rings is 1. The van der Waals surface area contributed by atoms with Gasteiger partial charge >= 0.3 is 6.03 Å². The fourth-order valence-electron chi connectivity index (χ4n) is 3.20. The van der Waals surface area contributed by atoms with Gasteiger partial charge in [0.2, 0.25) is 5.91 Å². The van der Waals surface area contributed by atoms with Crippen LogP contribution in [0.3, 0.4) is 0 Å². The monoisotopic (exact) mass is 403 g/mol. The molecule has 0 saturated carbocycles. The minimum atomic E-state index is -0.296. The molecule has 0 bridgehead atoms. The van der Waals surface area contributed by atoms with Crippen LogP contribution in [0.5, 0.6) is 0 Å². The number of anilines is 1. The fourth-order valence-corrected chi connectivity index (χ4v) is 4.41. The first-order valence-electron chi connectivity index (χ1n) is 9.01. The number of carbonyl (C=O) groups is 2. The van der Waals surface area contributed by atoms with E-state index in [1.54, 1.807) is 23.4 Å². The van der Waals surface area contributed by atoms with Crippen LogP contribution < -0.4 is 5.32 Å². The standard InChI is InChI=1S/C21H17N5O2S/c22-12-17-16-8-10-25(21(28)26-11-9-23-14-26)13-18(16)29-20(17)24-19(27)7-6-15-4-2-1-3-5-15/h1-7,9,11,14H,8,10,13H2,(H,24,27). The molecule has 0 aliphatic carbocycles. The second kappa shape index (κ2) is 8.12. The Morgan fingerprint density at radius 3 is 2.83 bits per heavy atom. The maximum absolute atomic E-state index is 12.5. The zero-order chi connectivity index (χ0) is 20.2. The predicted octanol–water partition coefficient (Wildman–Crippen LogP) is 3.49. The van der Waals surface area contributed by atoms with Crippen molar-refractivity contribution < 1.29 is 9.59 Å². The number of nitrogens with zero attached hydrogens (tertiary/aromatic N) is 4. The summed E-state index contributed by atoms with van der Waals surface area (Å²) in [7, 11) is 0. The highest BCUT2D eigenvalue weighted by atomic mass is 32.1. The summed E-state index contributed by atoms with van der Waals surface area (Å²) >= 11 is 1.35. The van der Waals surface area contributed by atoms with E-state index in [2.05, 4.69) is 16.4 Å². The summed E-state index contributed by atoms with van der Waals surface area (Å²) in [6.45, 7) is 0.915. The second-order valence-electron chi connectivity index (χ2n) is 6.48. The summed E-state index contributed by atoms with van der Waals surface area (Å²) in [6, 6.07) is 11.6. The number of carbonyl (C=O) groups excluding carboxylic acids is 2. The Bertz CT molecular complexity index is 1110. The Morgan fingerprint density at radius 2 is 2.10 bits per heavy atom. The third-order valence-electron chi connectivity index (χ3n) is 4.63. The average molecular weight is 403 g/mol. The fraction of sp³-hybridized carbons (Fsp3) is 0.143. The van der Waals surface area contributed by atoms with Crippen LogP contribution in [-0.4, -0.2) is 32.9 Å². The van der Waals surface area contributed by atoms with Crippen molar-refractivity contribution in [3.8, 4) is 6.07 Å². The Labute approximate surface area is 171 Å². The highest BCUT2D eigenvalue weighted by Gasteiger charge is 2.27.